The number of carbonyl (C=O) groups excluding carboxylic acids is 3. The van der Waals surface area contributed by atoms with Crippen molar-refractivity contribution in [3.63, 3.8) is 0 Å². The van der Waals surface area contributed by atoms with Gasteiger partial charge in [0.2, 0.25) is 17.7 Å². The lowest BCUT2D eigenvalue weighted by atomic mass is 9.75. The van der Waals surface area contributed by atoms with E-state index in [1.54, 1.807) is 24.5 Å². The number of pyridine rings is 1. The van der Waals surface area contributed by atoms with Gasteiger partial charge in [-0.05, 0) is 30.3 Å². The number of hydrogen-bond acceptors (Lipinski definition) is 5. The van der Waals surface area contributed by atoms with Gasteiger partial charge in [-0.15, -0.1) is 0 Å². The summed E-state index contributed by atoms with van der Waals surface area (Å²) in [6, 6.07) is 12.8. The highest BCUT2D eigenvalue weighted by Gasteiger charge is 2.54. The van der Waals surface area contributed by atoms with Crippen LogP contribution in [-0.2, 0) is 26.3 Å². The third-order valence-electron chi connectivity index (χ3n) is 6.13. The lowest BCUT2D eigenvalue weighted by Gasteiger charge is -2.35. The topological polar surface area (TPSA) is 73.8 Å². The van der Waals surface area contributed by atoms with Crippen LogP contribution in [0.1, 0.15) is 24.0 Å². The first kappa shape index (κ1) is 20.2. The smallest absolute Gasteiger partial charge is 0.241 e. The minimum atomic E-state index is -1.15. The Kier molecular flexibility index (Phi) is 5.63. The molecular formula is C23H26N4O3. The van der Waals surface area contributed by atoms with Gasteiger partial charge in [-0.3, -0.25) is 24.3 Å². The second-order valence-corrected chi connectivity index (χ2v) is 8.13. The summed E-state index contributed by atoms with van der Waals surface area (Å²) in [5, 5.41) is 0. The van der Waals surface area contributed by atoms with Crippen LogP contribution in [0.2, 0.25) is 0 Å². The molecule has 2 saturated heterocycles. The summed E-state index contributed by atoms with van der Waals surface area (Å²) in [6.45, 7) is 3.10. The van der Waals surface area contributed by atoms with Crippen LogP contribution >= 0.6 is 0 Å². The van der Waals surface area contributed by atoms with Crippen molar-refractivity contribution in [1.82, 2.24) is 19.7 Å². The van der Waals surface area contributed by atoms with Crippen molar-refractivity contribution in [3.8, 4) is 0 Å². The molecule has 0 unspecified atom stereocenters. The molecule has 1 aromatic heterocycles. The Morgan fingerprint density at radius 2 is 1.67 bits per heavy atom. The molecule has 1 aromatic carbocycles. The lowest BCUT2D eigenvalue weighted by Crippen LogP contribution is -2.49. The summed E-state index contributed by atoms with van der Waals surface area (Å²) in [5.41, 5.74) is 0.412. The Morgan fingerprint density at radius 3 is 2.33 bits per heavy atom. The summed E-state index contributed by atoms with van der Waals surface area (Å²) >= 11 is 0. The largest absolute Gasteiger partial charge is 0.340 e. The first-order valence-electron chi connectivity index (χ1n) is 10.3. The van der Waals surface area contributed by atoms with Crippen molar-refractivity contribution in [1.29, 1.82) is 0 Å². The van der Waals surface area contributed by atoms with Gasteiger partial charge in [0.15, 0.2) is 0 Å². The first-order valence-corrected chi connectivity index (χ1v) is 10.3. The summed E-state index contributed by atoms with van der Waals surface area (Å²) in [7, 11) is 2.03. The lowest BCUT2D eigenvalue weighted by molar-refractivity contribution is -0.143. The van der Waals surface area contributed by atoms with E-state index in [-0.39, 0.29) is 37.1 Å². The van der Waals surface area contributed by atoms with E-state index in [2.05, 4.69) is 9.88 Å². The zero-order chi connectivity index (χ0) is 21.1. The third-order valence-corrected chi connectivity index (χ3v) is 6.13. The highest BCUT2D eigenvalue weighted by Crippen LogP contribution is 2.41. The van der Waals surface area contributed by atoms with E-state index in [1.165, 1.54) is 4.90 Å². The van der Waals surface area contributed by atoms with Crippen LogP contribution in [0.4, 0.5) is 0 Å². The fourth-order valence-corrected chi connectivity index (χ4v) is 4.28. The van der Waals surface area contributed by atoms with Crippen LogP contribution in [0.3, 0.4) is 0 Å². The van der Waals surface area contributed by atoms with E-state index in [9.17, 15) is 14.4 Å². The zero-order valence-corrected chi connectivity index (χ0v) is 17.2. The molecule has 0 N–H and O–H groups in total. The molecule has 7 nitrogen and oxygen atoms in total. The number of imide groups is 1. The number of aromatic nitrogens is 1. The van der Waals surface area contributed by atoms with Gasteiger partial charge in [0.1, 0.15) is 0 Å². The van der Waals surface area contributed by atoms with Crippen molar-refractivity contribution in [2.45, 2.75) is 24.8 Å². The van der Waals surface area contributed by atoms with Gasteiger partial charge in [0.05, 0.1) is 12.0 Å². The number of likely N-dealkylation sites (tertiary alicyclic amines) is 1. The monoisotopic (exact) mass is 406 g/mol. The molecule has 0 radical (unpaired) electrons. The molecule has 0 bridgehead atoms. The standard InChI is InChI=1S/C23H26N4O3/c1-25-11-13-26(14-12-25)20(28)15-23(19-5-3-2-4-6-19)16-21(29)27(22(23)30)17-18-7-9-24-10-8-18/h2-10H,11-17H2,1H3/t23-/m1/s1. The van der Waals surface area contributed by atoms with Gasteiger partial charge in [-0.1, -0.05) is 30.3 Å². The Bertz CT molecular complexity index is 926. The zero-order valence-electron chi connectivity index (χ0n) is 17.2. The van der Waals surface area contributed by atoms with E-state index in [1.807, 2.05) is 42.3 Å². The fourth-order valence-electron chi connectivity index (χ4n) is 4.28. The maximum Gasteiger partial charge on any atom is 0.241 e. The normalized spacial score (nSPS) is 22.6. The van der Waals surface area contributed by atoms with Crippen LogP contribution in [0.15, 0.2) is 54.9 Å². The number of piperazine rings is 1. The molecule has 30 heavy (non-hydrogen) atoms. The van der Waals surface area contributed by atoms with E-state index >= 15 is 0 Å². The van der Waals surface area contributed by atoms with E-state index in [4.69, 9.17) is 0 Å². The molecule has 0 aliphatic carbocycles. The highest BCUT2D eigenvalue weighted by molar-refractivity contribution is 6.10. The Balaban J connectivity index is 1.62. The highest BCUT2D eigenvalue weighted by atomic mass is 16.2. The van der Waals surface area contributed by atoms with Gasteiger partial charge in [0, 0.05) is 51.4 Å². The average Bonchev–Trinajstić information content (AvgIpc) is 3.00. The average molecular weight is 406 g/mol. The summed E-state index contributed by atoms with van der Waals surface area (Å²) in [5.74, 6) is -0.608. The molecule has 2 aliphatic rings. The summed E-state index contributed by atoms with van der Waals surface area (Å²) in [4.78, 5) is 49.0. The van der Waals surface area contributed by atoms with Crippen molar-refractivity contribution in [2.75, 3.05) is 33.2 Å². The Hall–Kier alpha value is -3.06. The van der Waals surface area contributed by atoms with Crippen molar-refractivity contribution < 1.29 is 14.4 Å². The van der Waals surface area contributed by atoms with Crippen molar-refractivity contribution in [3.05, 3.63) is 66.0 Å². The first-order chi connectivity index (χ1) is 14.5. The molecule has 156 valence electrons. The number of nitrogens with zero attached hydrogens (tertiary/aromatic N) is 4. The predicted molar refractivity (Wildman–Crippen MR) is 111 cm³/mol. The SMILES string of the molecule is CN1CCN(C(=O)C[C@]2(c3ccccc3)CC(=O)N(Cc3ccncc3)C2=O)CC1. The van der Waals surface area contributed by atoms with E-state index in [0.29, 0.717) is 13.1 Å². The molecule has 0 spiro atoms. The maximum atomic E-state index is 13.6. The molecule has 7 heteroatoms. The molecule has 0 saturated carbocycles. The number of benzene rings is 1. The number of amides is 3. The van der Waals surface area contributed by atoms with Crippen LogP contribution < -0.4 is 0 Å². The molecular weight excluding hydrogens is 380 g/mol. The van der Waals surface area contributed by atoms with Gasteiger partial charge in [-0.2, -0.15) is 0 Å². The molecule has 3 heterocycles. The van der Waals surface area contributed by atoms with Crippen LogP contribution in [0, 0.1) is 0 Å². The quantitative estimate of drug-likeness (QED) is 0.703. The van der Waals surface area contributed by atoms with Crippen molar-refractivity contribution in [2.24, 2.45) is 0 Å². The molecule has 1 atom stereocenters. The van der Waals surface area contributed by atoms with Gasteiger partial charge in [0.25, 0.3) is 0 Å². The van der Waals surface area contributed by atoms with Crippen LogP contribution in [0.25, 0.3) is 0 Å². The Labute approximate surface area is 176 Å². The summed E-state index contributed by atoms with van der Waals surface area (Å²) < 4.78 is 0. The van der Waals surface area contributed by atoms with Crippen LogP contribution in [0.5, 0.6) is 0 Å². The van der Waals surface area contributed by atoms with Gasteiger partial charge < -0.3 is 9.80 Å². The molecule has 4 rings (SSSR count). The minimum absolute atomic E-state index is 0.0120. The van der Waals surface area contributed by atoms with E-state index < -0.39 is 5.41 Å². The molecule has 2 aliphatic heterocycles. The minimum Gasteiger partial charge on any atom is -0.340 e. The number of carbonyl (C=O) groups is 3. The molecule has 2 aromatic rings. The fraction of sp³-hybridized carbons (Fsp3) is 0.391. The third kappa shape index (κ3) is 3.85. The Morgan fingerprint density at radius 1 is 1.00 bits per heavy atom. The molecule has 2 fully saturated rings. The second kappa shape index (κ2) is 8.36. The van der Waals surface area contributed by atoms with Gasteiger partial charge in [-0.25, -0.2) is 0 Å². The maximum absolute atomic E-state index is 13.6. The van der Waals surface area contributed by atoms with Crippen molar-refractivity contribution >= 4 is 17.7 Å². The number of likely N-dealkylation sites (N-methyl/N-ethyl adjacent to an activating group) is 1. The number of hydrogen-bond donors (Lipinski definition) is 0. The molecule has 3 amide bonds. The second-order valence-electron chi connectivity index (χ2n) is 8.13. The van der Waals surface area contributed by atoms with E-state index in [0.717, 1.165) is 24.2 Å². The summed E-state index contributed by atoms with van der Waals surface area (Å²) in [6.07, 6.45) is 3.31. The predicted octanol–water partition coefficient (Wildman–Crippen LogP) is 1.44. The van der Waals surface area contributed by atoms with Crippen LogP contribution in [-0.4, -0.2) is 70.6 Å². The van der Waals surface area contributed by atoms with Gasteiger partial charge >= 0.3 is 0 Å². The number of rotatable bonds is 5.